The maximum absolute atomic E-state index is 13.0. The molecule has 0 saturated carbocycles. The summed E-state index contributed by atoms with van der Waals surface area (Å²) < 4.78 is 16.0. The third-order valence-electron chi connectivity index (χ3n) is 4.96. The number of esters is 1. The van der Waals surface area contributed by atoms with Crippen LogP contribution in [-0.4, -0.2) is 31.8 Å². The van der Waals surface area contributed by atoms with Crippen molar-refractivity contribution in [1.29, 1.82) is 0 Å². The molecule has 0 spiro atoms. The van der Waals surface area contributed by atoms with Gasteiger partial charge < -0.3 is 14.2 Å². The predicted octanol–water partition coefficient (Wildman–Crippen LogP) is 3.63. The van der Waals surface area contributed by atoms with Crippen molar-refractivity contribution in [1.82, 2.24) is 0 Å². The lowest BCUT2D eigenvalue weighted by Gasteiger charge is -2.19. The van der Waals surface area contributed by atoms with Gasteiger partial charge in [-0.3, -0.25) is 14.4 Å². The van der Waals surface area contributed by atoms with E-state index in [1.807, 2.05) is 0 Å². The van der Waals surface area contributed by atoms with Crippen molar-refractivity contribution >= 4 is 17.5 Å². The molecule has 4 rings (SSSR count). The van der Waals surface area contributed by atoms with Crippen LogP contribution in [0.5, 0.6) is 17.2 Å². The van der Waals surface area contributed by atoms with E-state index in [0.29, 0.717) is 28.2 Å². The quantitative estimate of drug-likeness (QED) is 0.375. The van der Waals surface area contributed by atoms with Gasteiger partial charge in [-0.25, -0.2) is 0 Å². The Kier molecular flexibility index (Phi) is 5.06. The van der Waals surface area contributed by atoms with Crippen LogP contribution in [0, 0.1) is 0 Å². The molecule has 0 heterocycles. The maximum atomic E-state index is 13.0. The molecule has 0 unspecified atom stereocenters. The highest BCUT2D eigenvalue weighted by Crippen LogP contribution is 2.33. The molecule has 0 atom stereocenters. The topological polar surface area (TPSA) is 78.9 Å². The zero-order valence-electron chi connectivity index (χ0n) is 16.4. The molecule has 150 valence electrons. The van der Waals surface area contributed by atoms with Crippen LogP contribution in [-0.2, 0) is 11.2 Å². The summed E-state index contributed by atoms with van der Waals surface area (Å²) in [5.41, 5.74) is 1.56. The Hall–Kier alpha value is -3.93. The van der Waals surface area contributed by atoms with Crippen LogP contribution in [0.4, 0.5) is 0 Å². The summed E-state index contributed by atoms with van der Waals surface area (Å²) in [6.07, 6.45) is -0.0945. The molecule has 1 aliphatic rings. The number of ether oxygens (including phenoxy) is 3. The Morgan fingerprint density at radius 2 is 1.47 bits per heavy atom. The number of hydrogen-bond acceptors (Lipinski definition) is 6. The predicted molar refractivity (Wildman–Crippen MR) is 109 cm³/mol. The van der Waals surface area contributed by atoms with Gasteiger partial charge in [0.25, 0.3) is 0 Å². The second-order valence-corrected chi connectivity index (χ2v) is 6.71. The Morgan fingerprint density at radius 3 is 2.17 bits per heavy atom. The number of ketones is 2. The van der Waals surface area contributed by atoms with Gasteiger partial charge in [0.15, 0.2) is 11.6 Å². The molecule has 6 heteroatoms. The SMILES string of the molecule is COc1ccc(OC)c(CC(=O)Oc2cccc3c2C(=O)c2ccccc2C3=O)c1. The van der Waals surface area contributed by atoms with Crippen LogP contribution in [0.25, 0.3) is 0 Å². The van der Waals surface area contributed by atoms with Crippen molar-refractivity contribution in [3.05, 3.63) is 88.5 Å². The van der Waals surface area contributed by atoms with Crippen LogP contribution in [0.15, 0.2) is 60.7 Å². The molecular formula is C24H18O6. The van der Waals surface area contributed by atoms with Crippen LogP contribution in [0.3, 0.4) is 0 Å². The fraction of sp³-hybridized carbons (Fsp3) is 0.125. The first-order valence-electron chi connectivity index (χ1n) is 9.26. The Balaban J connectivity index is 1.65. The van der Waals surface area contributed by atoms with Crippen molar-refractivity contribution < 1.29 is 28.6 Å². The minimum atomic E-state index is -0.589. The molecule has 6 nitrogen and oxygen atoms in total. The third kappa shape index (κ3) is 3.33. The Morgan fingerprint density at radius 1 is 0.767 bits per heavy atom. The van der Waals surface area contributed by atoms with Gasteiger partial charge in [0, 0.05) is 22.3 Å². The molecule has 0 aromatic heterocycles. The number of carbonyl (C=O) groups excluding carboxylic acids is 3. The molecule has 30 heavy (non-hydrogen) atoms. The lowest BCUT2D eigenvalue weighted by molar-refractivity contribution is -0.133. The van der Waals surface area contributed by atoms with Gasteiger partial charge in [-0.1, -0.05) is 36.4 Å². The molecule has 3 aromatic carbocycles. The van der Waals surface area contributed by atoms with Crippen molar-refractivity contribution in [3.63, 3.8) is 0 Å². The van der Waals surface area contributed by atoms with E-state index in [-0.39, 0.29) is 34.9 Å². The minimum absolute atomic E-state index is 0.0622. The van der Waals surface area contributed by atoms with Gasteiger partial charge in [-0.15, -0.1) is 0 Å². The maximum Gasteiger partial charge on any atom is 0.315 e. The number of hydrogen-bond donors (Lipinski definition) is 0. The summed E-state index contributed by atoms with van der Waals surface area (Å²) in [7, 11) is 3.03. The monoisotopic (exact) mass is 402 g/mol. The van der Waals surface area contributed by atoms with E-state index in [4.69, 9.17) is 14.2 Å². The number of methoxy groups -OCH3 is 2. The first-order valence-corrected chi connectivity index (χ1v) is 9.26. The first-order chi connectivity index (χ1) is 14.5. The third-order valence-corrected chi connectivity index (χ3v) is 4.96. The van der Waals surface area contributed by atoms with E-state index in [0.717, 1.165) is 0 Å². The van der Waals surface area contributed by atoms with E-state index in [1.54, 1.807) is 54.6 Å². The molecule has 0 radical (unpaired) electrons. The minimum Gasteiger partial charge on any atom is -0.497 e. The van der Waals surface area contributed by atoms with E-state index >= 15 is 0 Å². The highest BCUT2D eigenvalue weighted by Gasteiger charge is 2.32. The number of carbonyl (C=O) groups is 3. The molecular weight excluding hydrogens is 384 g/mol. The molecule has 0 bridgehead atoms. The summed E-state index contributed by atoms with van der Waals surface area (Å²) in [5.74, 6) is -0.0486. The number of rotatable bonds is 5. The average Bonchev–Trinajstić information content (AvgIpc) is 2.77. The van der Waals surface area contributed by atoms with Gasteiger partial charge in [-0.05, 0) is 24.3 Å². The van der Waals surface area contributed by atoms with Gasteiger partial charge in [-0.2, -0.15) is 0 Å². The van der Waals surface area contributed by atoms with E-state index < -0.39 is 5.97 Å². The molecule has 0 saturated heterocycles. The van der Waals surface area contributed by atoms with E-state index in [1.165, 1.54) is 20.3 Å². The Bertz CT molecular complexity index is 1180. The first kappa shape index (κ1) is 19.4. The highest BCUT2D eigenvalue weighted by atomic mass is 16.5. The fourth-order valence-corrected chi connectivity index (χ4v) is 3.53. The van der Waals surface area contributed by atoms with Crippen molar-refractivity contribution in [2.45, 2.75) is 6.42 Å². The van der Waals surface area contributed by atoms with Crippen LogP contribution < -0.4 is 14.2 Å². The molecule has 1 aliphatic carbocycles. The van der Waals surface area contributed by atoms with E-state index in [2.05, 4.69) is 0 Å². The Labute approximate surface area is 173 Å². The highest BCUT2D eigenvalue weighted by molar-refractivity contribution is 6.29. The summed E-state index contributed by atoms with van der Waals surface area (Å²) in [4.78, 5) is 38.5. The number of benzene rings is 3. The lowest BCUT2D eigenvalue weighted by Crippen LogP contribution is -2.23. The van der Waals surface area contributed by atoms with Gasteiger partial charge >= 0.3 is 5.97 Å². The van der Waals surface area contributed by atoms with Crippen molar-refractivity contribution in [2.75, 3.05) is 14.2 Å². The molecule has 0 N–H and O–H groups in total. The van der Waals surface area contributed by atoms with Gasteiger partial charge in [0.05, 0.1) is 26.2 Å². The standard InChI is InChI=1S/C24H18O6/c1-28-15-10-11-19(29-2)14(12-15)13-21(25)30-20-9-5-8-18-22(20)24(27)17-7-4-3-6-16(17)23(18)26/h3-12H,13H2,1-2H3. The zero-order valence-corrected chi connectivity index (χ0v) is 16.4. The molecule has 3 aromatic rings. The number of fused-ring (bicyclic) bond motifs is 2. The van der Waals surface area contributed by atoms with E-state index in [9.17, 15) is 14.4 Å². The van der Waals surface area contributed by atoms with Crippen molar-refractivity contribution in [3.8, 4) is 17.2 Å². The summed E-state index contributed by atoms with van der Waals surface area (Å²) in [6, 6.07) is 16.4. The lowest BCUT2D eigenvalue weighted by atomic mass is 9.83. The summed E-state index contributed by atoms with van der Waals surface area (Å²) >= 11 is 0. The second-order valence-electron chi connectivity index (χ2n) is 6.71. The molecule has 0 aliphatic heterocycles. The fourth-order valence-electron chi connectivity index (χ4n) is 3.53. The second kappa shape index (κ2) is 7.83. The largest absolute Gasteiger partial charge is 0.497 e. The van der Waals surface area contributed by atoms with Crippen LogP contribution in [0.1, 0.15) is 37.4 Å². The smallest absolute Gasteiger partial charge is 0.315 e. The zero-order chi connectivity index (χ0) is 21.3. The van der Waals surface area contributed by atoms with Gasteiger partial charge in [0.1, 0.15) is 17.2 Å². The van der Waals surface area contributed by atoms with Crippen molar-refractivity contribution in [2.24, 2.45) is 0 Å². The van der Waals surface area contributed by atoms with Crippen LogP contribution >= 0.6 is 0 Å². The summed E-state index contributed by atoms with van der Waals surface area (Å²) in [5, 5.41) is 0. The summed E-state index contributed by atoms with van der Waals surface area (Å²) in [6.45, 7) is 0. The average molecular weight is 402 g/mol. The van der Waals surface area contributed by atoms with Crippen LogP contribution in [0.2, 0.25) is 0 Å². The normalized spacial score (nSPS) is 12.1. The molecule has 0 fully saturated rings. The van der Waals surface area contributed by atoms with Gasteiger partial charge in [0.2, 0.25) is 0 Å². The molecule has 0 amide bonds.